The lowest BCUT2D eigenvalue weighted by Gasteiger charge is -2.37. The van der Waals surface area contributed by atoms with Gasteiger partial charge in [0.05, 0.1) is 21.3 Å². The van der Waals surface area contributed by atoms with Gasteiger partial charge in [-0.25, -0.2) is 22.0 Å². The second kappa shape index (κ2) is 10.3. The molecule has 0 bridgehead atoms. The second-order valence-corrected chi connectivity index (χ2v) is 7.45. The van der Waals surface area contributed by atoms with Crippen molar-refractivity contribution in [3.05, 3.63) is 46.8 Å². The van der Waals surface area contributed by atoms with Crippen LogP contribution in [0.5, 0.6) is 17.2 Å². The summed E-state index contributed by atoms with van der Waals surface area (Å²) >= 11 is 5.26. The molecule has 1 fully saturated rings. The maximum absolute atomic E-state index is 14.1. The summed E-state index contributed by atoms with van der Waals surface area (Å²) in [5, 5.41) is 2.56. The lowest BCUT2D eigenvalue weighted by Crippen LogP contribution is -2.53. The van der Waals surface area contributed by atoms with Crippen LogP contribution in [-0.2, 0) is 0 Å². The van der Waals surface area contributed by atoms with Gasteiger partial charge in [0.2, 0.25) is 11.6 Å². The number of hydrogen-bond acceptors (Lipinski definition) is 6. The molecule has 3 rings (SSSR count). The number of nitrogens with zero attached hydrogens (tertiary/aromatic N) is 2. The summed E-state index contributed by atoms with van der Waals surface area (Å²) in [7, 11) is 4.21. The molecule has 1 aliphatic heterocycles. The van der Waals surface area contributed by atoms with Crippen LogP contribution >= 0.6 is 12.2 Å². The molecule has 0 aromatic heterocycles. The minimum Gasteiger partial charge on any atom is -0.493 e. The number of anilines is 1. The number of carbonyl (C=O) groups is 1. The molecule has 0 aliphatic carbocycles. The Morgan fingerprint density at radius 2 is 1.29 bits per heavy atom. The normalized spacial score (nSPS) is 13.5. The topological polar surface area (TPSA) is 63.3 Å². The van der Waals surface area contributed by atoms with E-state index in [1.165, 1.54) is 38.4 Å². The van der Waals surface area contributed by atoms with Crippen LogP contribution in [0.2, 0.25) is 0 Å². The molecule has 2 aromatic rings. The van der Waals surface area contributed by atoms with E-state index < -0.39 is 40.7 Å². The van der Waals surface area contributed by atoms with Crippen LogP contribution in [0.3, 0.4) is 0 Å². The molecule has 1 aliphatic rings. The number of rotatable bonds is 5. The monoisotopic (exact) mass is 505 g/mol. The Morgan fingerprint density at radius 1 is 0.824 bits per heavy atom. The van der Waals surface area contributed by atoms with Gasteiger partial charge in [0, 0.05) is 31.7 Å². The second-order valence-electron chi connectivity index (χ2n) is 7.07. The first-order chi connectivity index (χ1) is 16.1. The summed E-state index contributed by atoms with van der Waals surface area (Å²) in [6.45, 7) is -0.0706. The highest BCUT2D eigenvalue weighted by Gasteiger charge is 2.31. The molecule has 0 atom stereocenters. The number of ether oxygens (including phenoxy) is 3. The lowest BCUT2D eigenvalue weighted by atomic mass is 10.1. The van der Waals surface area contributed by atoms with Crippen LogP contribution in [0.15, 0.2) is 12.1 Å². The standard InChI is InChI=1S/C21H20F5N3O4S/c1-31-11-8-10(9-12(32-2)19(11)33-3)20(30)27-21(34)29-6-4-28(5-7-29)18-16(25)14(23)13(22)15(24)17(18)26/h8-9H,4-7H2,1-3H3,(H,27,30,34). The van der Waals surface area contributed by atoms with Crippen molar-refractivity contribution < 1.29 is 41.0 Å². The summed E-state index contributed by atoms with van der Waals surface area (Å²) in [5.74, 6) is -9.79. The first-order valence-corrected chi connectivity index (χ1v) is 10.2. The largest absolute Gasteiger partial charge is 0.493 e. The molecule has 34 heavy (non-hydrogen) atoms. The molecule has 13 heteroatoms. The van der Waals surface area contributed by atoms with E-state index >= 15 is 0 Å². The number of benzene rings is 2. The fourth-order valence-electron chi connectivity index (χ4n) is 3.46. The van der Waals surface area contributed by atoms with E-state index in [1.54, 1.807) is 0 Å². The molecule has 184 valence electrons. The minimum atomic E-state index is -2.21. The Labute approximate surface area is 197 Å². The van der Waals surface area contributed by atoms with Crippen LogP contribution in [0.1, 0.15) is 10.4 Å². The van der Waals surface area contributed by atoms with Crippen LogP contribution in [0.25, 0.3) is 0 Å². The number of halogens is 5. The molecule has 1 heterocycles. The van der Waals surface area contributed by atoms with Crippen molar-refractivity contribution >= 4 is 28.9 Å². The third-order valence-corrected chi connectivity index (χ3v) is 5.58. The Morgan fingerprint density at radius 3 is 1.74 bits per heavy atom. The van der Waals surface area contributed by atoms with Crippen LogP contribution in [0.4, 0.5) is 27.6 Å². The van der Waals surface area contributed by atoms with Gasteiger partial charge < -0.3 is 24.0 Å². The van der Waals surface area contributed by atoms with Gasteiger partial charge in [0.15, 0.2) is 39.9 Å². The van der Waals surface area contributed by atoms with Crippen molar-refractivity contribution in [2.75, 3.05) is 52.4 Å². The number of thiocarbonyl (C=S) groups is 1. The van der Waals surface area contributed by atoms with Crippen molar-refractivity contribution in [1.82, 2.24) is 10.2 Å². The van der Waals surface area contributed by atoms with E-state index in [1.807, 2.05) is 0 Å². The molecule has 1 amide bonds. The van der Waals surface area contributed by atoms with E-state index in [9.17, 15) is 26.7 Å². The Balaban J connectivity index is 1.70. The molecular formula is C21H20F5N3O4S. The number of piperazine rings is 1. The van der Waals surface area contributed by atoms with Crippen molar-refractivity contribution in [3.8, 4) is 17.2 Å². The van der Waals surface area contributed by atoms with Gasteiger partial charge in [-0.3, -0.25) is 10.1 Å². The van der Waals surface area contributed by atoms with Gasteiger partial charge >= 0.3 is 0 Å². The van der Waals surface area contributed by atoms with Gasteiger partial charge in [-0.1, -0.05) is 0 Å². The lowest BCUT2D eigenvalue weighted by molar-refractivity contribution is 0.0972. The van der Waals surface area contributed by atoms with Gasteiger partial charge in [0.25, 0.3) is 5.91 Å². The third-order valence-electron chi connectivity index (χ3n) is 5.22. The highest BCUT2D eigenvalue weighted by Crippen LogP contribution is 2.38. The molecule has 0 spiro atoms. The van der Waals surface area contributed by atoms with Gasteiger partial charge in [-0.2, -0.15) is 0 Å². The Bertz CT molecular complexity index is 1070. The number of amides is 1. The molecule has 1 N–H and O–H groups in total. The van der Waals surface area contributed by atoms with Gasteiger partial charge in [0.1, 0.15) is 5.69 Å². The van der Waals surface area contributed by atoms with E-state index in [0.29, 0.717) is 5.75 Å². The first kappa shape index (κ1) is 25.3. The highest BCUT2D eigenvalue weighted by atomic mass is 32.1. The van der Waals surface area contributed by atoms with E-state index in [-0.39, 0.29) is 48.4 Å². The first-order valence-electron chi connectivity index (χ1n) is 9.81. The summed E-state index contributed by atoms with van der Waals surface area (Å²) in [4.78, 5) is 15.3. The molecule has 7 nitrogen and oxygen atoms in total. The maximum Gasteiger partial charge on any atom is 0.257 e. The molecule has 0 unspecified atom stereocenters. The maximum atomic E-state index is 14.1. The fraction of sp³-hybridized carbons (Fsp3) is 0.333. The molecule has 1 saturated heterocycles. The number of methoxy groups -OCH3 is 3. The Kier molecular flexibility index (Phi) is 7.64. The van der Waals surface area contributed by atoms with Crippen molar-refractivity contribution in [3.63, 3.8) is 0 Å². The fourth-order valence-corrected chi connectivity index (χ4v) is 3.74. The molecular weight excluding hydrogens is 485 g/mol. The van der Waals surface area contributed by atoms with E-state index in [0.717, 1.165) is 4.90 Å². The summed E-state index contributed by atoms with van der Waals surface area (Å²) < 4.78 is 84.2. The third kappa shape index (κ3) is 4.65. The van der Waals surface area contributed by atoms with Gasteiger partial charge in [-0.15, -0.1) is 0 Å². The molecule has 0 saturated carbocycles. The summed E-state index contributed by atoms with van der Waals surface area (Å²) in [6.07, 6.45) is 0. The predicted octanol–water partition coefficient (Wildman–Crippen LogP) is 3.24. The number of carbonyl (C=O) groups excluding carboxylic acids is 1. The summed E-state index contributed by atoms with van der Waals surface area (Å²) in [5.41, 5.74) is -0.833. The Hall–Kier alpha value is -3.35. The van der Waals surface area contributed by atoms with Gasteiger partial charge in [-0.05, 0) is 24.4 Å². The minimum absolute atomic E-state index is 0.0239. The summed E-state index contributed by atoms with van der Waals surface area (Å²) in [6, 6.07) is 2.86. The van der Waals surface area contributed by atoms with Crippen LogP contribution < -0.4 is 24.4 Å². The van der Waals surface area contributed by atoms with E-state index in [2.05, 4.69) is 5.32 Å². The zero-order valence-corrected chi connectivity index (χ0v) is 19.1. The number of nitrogens with one attached hydrogen (secondary N) is 1. The average molecular weight is 505 g/mol. The van der Waals surface area contributed by atoms with Crippen molar-refractivity contribution in [1.29, 1.82) is 0 Å². The average Bonchev–Trinajstić information content (AvgIpc) is 2.85. The van der Waals surface area contributed by atoms with Crippen LogP contribution in [0, 0.1) is 29.1 Å². The zero-order chi connectivity index (χ0) is 25.2. The van der Waals surface area contributed by atoms with Crippen LogP contribution in [-0.4, -0.2) is 63.4 Å². The predicted molar refractivity (Wildman–Crippen MR) is 116 cm³/mol. The van der Waals surface area contributed by atoms with E-state index in [4.69, 9.17) is 26.4 Å². The van der Waals surface area contributed by atoms with Crippen molar-refractivity contribution in [2.24, 2.45) is 0 Å². The SMILES string of the molecule is COc1cc(C(=O)NC(=S)N2CCN(c3c(F)c(F)c(F)c(F)c3F)CC2)cc(OC)c1OC. The molecule has 2 aromatic carbocycles. The van der Waals surface area contributed by atoms with Crippen molar-refractivity contribution in [2.45, 2.75) is 0 Å². The molecule has 0 radical (unpaired) electrons. The quantitative estimate of drug-likeness (QED) is 0.290. The highest BCUT2D eigenvalue weighted by molar-refractivity contribution is 7.80. The zero-order valence-electron chi connectivity index (χ0n) is 18.3. The number of hydrogen-bond donors (Lipinski definition) is 1. The smallest absolute Gasteiger partial charge is 0.257 e.